The summed E-state index contributed by atoms with van der Waals surface area (Å²) in [5.74, 6) is 0. The van der Waals surface area contributed by atoms with Crippen LogP contribution in [-0.2, 0) is 0 Å². The van der Waals surface area contributed by atoms with Crippen molar-refractivity contribution in [2.45, 2.75) is 36.4 Å². The van der Waals surface area contributed by atoms with Gasteiger partial charge in [0.25, 0.3) is 0 Å². The van der Waals surface area contributed by atoms with E-state index in [1.54, 1.807) is 20.8 Å². The van der Waals surface area contributed by atoms with E-state index in [9.17, 15) is 13.2 Å². The summed E-state index contributed by atoms with van der Waals surface area (Å²) >= 11 is 4.86. The predicted molar refractivity (Wildman–Crippen MR) is 43.0 cm³/mol. The van der Waals surface area contributed by atoms with Crippen LogP contribution in [0.15, 0.2) is 0 Å². The van der Waals surface area contributed by atoms with E-state index in [1.807, 2.05) is 0 Å². The number of rotatable bonds is 2. The van der Waals surface area contributed by atoms with Gasteiger partial charge in [0.05, 0.1) is 0 Å². The molecule has 0 spiro atoms. The van der Waals surface area contributed by atoms with Crippen LogP contribution in [0.25, 0.3) is 0 Å². The number of alkyl halides is 4. The van der Waals surface area contributed by atoms with Gasteiger partial charge in [-0.3, -0.25) is 0 Å². The summed E-state index contributed by atoms with van der Waals surface area (Å²) in [6, 6.07) is 0. The molecule has 0 fully saturated rings. The van der Waals surface area contributed by atoms with Crippen molar-refractivity contribution in [3.63, 3.8) is 0 Å². The van der Waals surface area contributed by atoms with Gasteiger partial charge in [0.1, 0.15) is 0 Å². The second-order valence-corrected chi connectivity index (χ2v) is 5.43. The molecule has 68 valence electrons. The minimum atomic E-state index is -3.50. The van der Waals surface area contributed by atoms with Crippen LogP contribution in [0.1, 0.15) is 20.8 Å². The summed E-state index contributed by atoms with van der Waals surface area (Å²) in [5.41, 5.74) is -2.62. The molecule has 0 nitrogen and oxygen atoms in total. The summed E-state index contributed by atoms with van der Waals surface area (Å²) in [4.78, 5) is 0. The number of thioether (sulfide) groups is 1. The molecule has 0 aromatic rings. The molecule has 1 atom stereocenters. The first kappa shape index (κ1) is 11.4. The zero-order valence-electron chi connectivity index (χ0n) is 6.50. The molecule has 0 saturated carbocycles. The van der Waals surface area contributed by atoms with Crippen LogP contribution in [0.3, 0.4) is 0 Å². The van der Waals surface area contributed by atoms with Gasteiger partial charge < -0.3 is 0 Å². The highest BCUT2D eigenvalue weighted by Crippen LogP contribution is 2.43. The number of hydrogen-bond donors (Lipinski definition) is 0. The molecule has 0 radical (unpaired) electrons. The van der Waals surface area contributed by atoms with Crippen molar-refractivity contribution in [3.8, 4) is 0 Å². The lowest BCUT2D eigenvalue weighted by molar-refractivity contribution is 0.0524. The Bertz CT molecular complexity index is 130. The molecule has 0 rings (SSSR count). The molecular weight excluding hydrogens is 197 g/mol. The van der Waals surface area contributed by atoms with E-state index in [0.717, 1.165) is 0 Å². The molecule has 0 saturated heterocycles. The Balaban J connectivity index is 4.13. The number of halogens is 4. The monoisotopic (exact) mass is 206 g/mol. The van der Waals surface area contributed by atoms with Crippen molar-refractivity contribution in [1.29, 1.82) is 0 Å². The lowest BCUT2D eigenvalue weighted by Crippen LogP contribution is -2.27. The molecule has 0 N–H and O–H groups in total. The van der Waals surface area contributed by atoms with Gasteiger partial charge in [-0.25, -0.2) is 4.39 Å². The van der Waals surface area contributed by atoms with Crippen LogP contribution in [0.2, 0.25) is 0 Å². The highest BCUT2D eigenvalue weighted by molar-refractivity contribution is 8.01. The van der Waals surface area contributed by atoms with Crippen molar-refractivity contribution in [2.75, 3.05) is 0 Å². The lowest BCUT2D eigenvalue weighted by Gasteiger charge is -2.24. The van der Waals surface area contributed by atoms with Crippen LogP contribution >= 0.6 is 23.4 Å². The average molecular weight is 207 g/mol. The molecule has 0 aliphatic rings. The predicted octanol–water partition coefficient (Wildman–Crippen LogP) is 3.65. The Labute approximate surface area is 73.5 Å². The van der Waals surface area contributed by atoms with Crippen molar-refractivity contribution in [1.82, 2.24) is 0 Å². The third-order valence-electron chi connectivity index (χ3n) is 0.696. The molecule has 1 unspecified atom stereocenters. The summed E-state index contributed by atoms with van der Waals surface area (Å²) < 4.78 is 36.3. The minimum Gasteiger partial charge on any atom is -0.222 e. The van der Waals surface area contributed by atoms with Crippen LogP contribution in [0.5, 0.6) is 0 Å². The zero-order valence-corrected chi connectivity index (χ0v) is 8.07. The quantitative estimate of drug-likeness (QED) is 0.622. The third-order valence-corrected chi connectivity index (χ3v) is 2.19. The second kappa shape index (κ2) is 3.44. The maximum absolute atomic E-state index is 12.5. The summed E-state index contributed by atoms with van der Waals surface area (Å²) in [6.45, 7) is 4.72. The summed E-state index contributed by atoms with van der Waals surface area (Å²) in [5, 5.41) is -3.50. The fourth-order valence-electron chi connectivity index (χ4n) is 0.453. The van der Waals surface area contributed by atoms with E-state index in [0.29, 0.717) is 0 Å². The second-order valence-electron chi connectivity index (χ2n) is 3.08. The van der Waals surface area contributed by atoms with Crippen molar-refractivity contribution in [3.05, 3.63) is 0 Å². The Hall–Kier alpha value is 0.430. The van der Waals surface area contributed by atoms with Crippen molar-refractivity contribution >= 4 is 23.4 Å². The lowest BCUT2D eigenvalue weighted by atomic mass is 10.3. The standard InChI is InChI=1S/C6H10ClF3S/c1-5(2,3)11-6(9,10)4(7)8/h4H,1-3H3. The van der Waals surface area contributed by atoms with Crippen LogP contribution in [0.4, 0.5) is 13.2 Å². The van der Waals surface area contributed by atoms with Crippen molar-refractivity contribution < 1.29 is 13.2 Å². The Morgan fingerprint density at radius 1 is 1.27 bits per heavy atom. The maximum Gasteiger partial charge on any atom is 0.338 e. The largest absolute Gasteiger partial charge is 0.338 e. The van der Waals surface area contributed by atoms with Gasteiger partial charge >= 0.3 is 5.25 Å². The van der Waals surface area contributed by atoms with Crippen LogP contribution in [0, 0.1) is 0 Å². The minimum absolute atomic E-state index is 0.227. The van der Waals surface area contributed by atoms with E-state index >= 15 is 0 Å². The van der Waals surface area contributed by atoms with Gasteiger partial charge in [-0.05, 0) is 0 Å². The molecule has 5 heteroatoms. The highest BCUT2D eigenvalue weighted by Gasteiger charge is 2.43. The topological polar surface area (TPSA) is 0 Å². The molecule has 11 heavy (non-hydrogen) atoms. The van der Waals surface area contributed by atoms with Gasteiger partial charge in [-0.15, -0.1) is 0 Å². The van der Waals surface area contributed by atoms with E-state index < -0.39 is 15.6 Å². The van der Waals surface area contributed by atoms with Crippen molar-refractivity contribution in [2.24, 2.45) is 0 Å². The first-order valence-electron chi connectivity index (χ1n) is 3.01. The van der Waals surface area contributed by atoms with Gasteiger partial charge in [0.2, 0.25) is 5.63 Å². The number of hydrogen-bond acceptors (Lipinski definition) is 1. The van der Waals surface area contributed by atoms with Crippen LogP contribution in [-0.4, -0.2) is 15.6 Å². The van der Waals surface area contributed by atoms with E-state index in [1.165, 1.54) is 0 Å². The molecule has 0 amide bonds. The Kier molecular flexibility index (Phi) is 3.57. The smallest absolute Gasteiger partial charge is 0.222 e. The summed E-state index contributed by atoms with van der Waals surface area (Å²) in [7, 11) is 0. The Morgan fingerprint density at radius 3 is 1.73 bits per heavy atom. The normalized spacial score (nSPS) is 16.6. The third kappa shape index (κ3) is 4.80. The average Bonchev–Trinajstić information content (AvgIpc) is 1.56. The molecule has 0 aliphatic heterocycles. The van der Waals surface area contributed by atoms with Gasteiger partial charge in [0, 0.05) is 4.75 Å². The molecule has 0 aliphatic carbocycles. The molecular formula is C6H10ClF3S. The van der Waals surface area contributed by atoms with E-state index in [4.69, 9.17) is 0 Å². The van der Waals surface area contributed by atoms with E-state index in [2.05, 4.69) is 11.6 Å². The molecule has 0 heterocycles. The van der Waals surface area contributed by atoms with Crippen LogP contribution < -0.4 is 0 Å². The first-order valence-corrected chi connectivity index (χ1v) is 4.26. The summed E-state index contributed by atoms with van der Waals surface area (Å²) in [6.07, 6.45) is 0. The Morgan fingerprint density at radius 2 is 1.64 bits per heavy atom. The van der Waals surface area contributed by atoms with Gasteiger partial charge in [-0.1, -0.05) is 44.1 Å². The maximum atomic E-state index is 12.5. The SMILES string of the molecule is CC(C)(C)SC(F)(F)C(F)Cl. The molecule has 0 aromatic carbocycles. The molecule has 0 aromatic heterocycles. The fourth-order valence-corrected chi connectivity index (χ4v) is 1.49. The fraction of sp³-hybridized carbons (Fsp3) is 1.00. The van der Waals surface area contributed by atoms with Gasteiger partial charge in [0.15, 0.2) is 0 Å². The zero-order chi connectivity index (χ0) is 9.28. The molecule has 0 bridgehead atoms. The van der Waals surface area contributed by atoms with Gasteiger partial charge in [-0.2, -0.15) is 8.78 Å². The van der Waals surface area contributed by atoms with E-state index in [-0.39, 0.29) is 11.8 Å². The highest BCUT2D eigenvalue weighted by atomic mass is 35.5. The first-order chi connectivity index (χ1) is 4.65.